The number of ether oxygens (including phenoxy) is 2. The molecular weight excluding hydrogens is 392 g/mol. The SMILES string of the molecule is Cc1cc(C)c(S(=O)(=O)N[C@H]2CC(=O)N(c3ccc4c(c3)OCCO4)C2)c(C)c1. The minimum Gasteiger partial charge on any atom is -0.486 e. The highest BCUT2D eigenvalue weighted by Gasteiger charge is 2.35. The number of carbonyl (C=O) groups excluding carboxylic acids is 1. The highest BCUT2D eigenvalue weighted by Crippen LogP contribution is 2.35. The van der Waals surface area contributed by atoms with Gasteiger partial charge < -0.3 is 14.4 Å². The lowest BCUT2D eigenvalue weighted by molar-refractivity contribution is -0.117. The molecule has 1 N–H and O–H groups in total. The van der Waals surface area contributed by atoms with Gasteiger partial charge in [-0.15, -0.1) is 0 Å². The quantitative estimate of drug-likeness (QED) is 0.828. The fourth-order valence-corrected chi connectivity index (χ4v) is 5.79. The molecule has 1 atom stereocenters. The number of nitrogens with zero attached hydrogens (tertiary/aromatic N) is 1. The third-order valence-electron chi connectivity index (χ3n) is 5.16. The third kappa shape index (κ3) is 3.82. The summed E-state index contributed by atoms with van der Waals surface area (Å²) in [6.07, 6.45) is 0.109. The van der Waals surface area contributed by atoms with Gasteiger partial charge in [-0.05, 0) is 44.0 Å². The van der Waals surface area contributed by atoms with Gasteiger partial charge in [0.05, 0.1) is 4.90 Å². The monoisotopic (exact) mass is 416 g/mol. The predicted molar refractivity (Wildman–Crippen MR) is 109 cm³/mol. The summed E-state index contributed by atoms with van der Waals surface area (Å²) in [4.78, 5) is 14.4. The molecule has 0 aliphatic carbocycles. The average molecular weight is 416 g/mol. The molecule has 8 heteroatoms. The first-order valence-corrected chi connectivity index (χ1v) is 11.0. The second-order valence-corrected chi connectivity index (χ2v) is 9.23. The molecule has 1 fully saturated rings. The Labute approximate surface area is 170 Å². The van der Waals surface area contributed by atoms with E-state index >= 15 is 0 Å². The van der Waals surface area contributed by atoms with Crippen LogP contribution in [0.25, 0.3) is 0 Å². The number of aryl methyl sites for hydroxylation is 3. The lowest BCUT2D eigenvalue weighted by Gasteiger charge is -2.22. The van der Waals surface area contributed by atoms with E-state index in [4.69, 9.17) is 9.47 Å². The zero-order valence-corrected chi connectivity index (χ0v) is 17.5. The van der Waals surface area contributed by atoms with Crippen molar-refractivity contribution in [3.63, 3.8) is 0 Å². The predicted octanol–water partition coefficient (Wildman–Crippen LogP) is 2.47. The van der Waals surface area contributed by atoms with Crippen molar-refractivity contribution in [1.29, 1.82) is 0 Å². The molecule has 0 bridgehead atoms. The summed E-state index contributed by atoms with van der Waals surface area (Å²) in [7, 11) is -3.74. The maximum atomic E-state index is 13.0. The van der Waals surface area contributed by atoms with E-state index in [2.05, 4.69) is 4.72 Å². The molecule has 0 spiro atoms. The Bertz CT molecular complexity index is 1060. The van der Waals surface area contributed by atoms with Gasteiger partial charge in [0.15, 0.2) is 11.5 Å². The van der Waals surface area contributed by atoms with Crippen LogP contribution < -0.4 is 19.1 Å². The van der Waals surface area contributed by atoms with Gasteiger partial charge in [0.25, 0.3) is 0 Å². The van der Waals surface area contributed by atoms with Crippen LogP contribution in [0.1, 0.15) is 23.1 Å². The van der Waals surface area contributed by atoms with Crippen LogP contribution in [-0.2, 0) is 14.8 Å². The molecule has 2 heterocycles. The van der Waals surface area contributed by atoms with Crippen LogP contribution in [0.15, 0.2) is 35.2 Å². The Kier molecular flexibility index (Phi) is 5.00. The minimum atomic E-state index is -3.74. The van der Waals surface area contributed by atoms with Crippen molar-refractivity contribution in [2.45, 2.75) is 38.1 Å². The molecule has 1 amide bonds. The van der Waals surface area contributed by atoms with Crippen molar-refractivity contribution in [3.05, 3.63) is 47.0 Å². The van der Waals surface area contributed by atoms with E-state index in [0.29, 0.717) is 41.5 Å². The van der Waals surface area contributed by atoms with Gasteiger partial charge in [-0.25, -0.2) is 13.1 Å². The molecule has 0 radical (unpaired) electrons. The summed E-state index contributed by atoms with van der Waals surface area (Å²) in [5.41, 5.74) is 3.08. The summed E-state index contributed by atoms with van der Waals surface area (Å²) >= 11 is 0. The van der Waals surface area contributed by atoms with E-state index in [1.807, 2.05) is 19.1 Å². The number of nitrogens with one attached hydrogen (secondary N) is 1. The van der Waals surface area contributed by atoms with Gasteiger partial charge in [-0.3, -0.25) is 4.79 Å². The molecule has 154 valence electrons. The van der Waals surface area contributed by atoms with E-state index in [0.717, 1.165) is 5.56 Å². The fraction of sp³-hybridized carbons (Fsp3) is 0.381. The number of rotatable bonds is 4. The van der Waals surface area contributed by atoms with Gasteiger partial charge >= 0.3 is 0 Å². The summed E-state index contributed by atoms with van der Waals surface area (Å²) < 4.78 is 39.8. The number of benzene rings is 2. The normalized spacial score (nSPS) is 18.9. The highest BCUT2D eigenvalue weighted by molar-refractivity contribution is 7.89. The standard InChI is InChI=1S/C21H24N2O5S/c1-13-8-14(2)21(15(3)9-13)29(25,26)22-16-10-20(24)23(12-16)17-4-5-18-19(11-17)28-7-6-27-18/h4-5,8-9,11,16,22H,6-7,10,12H2,1-3H3/t16-/m0/s1. The van der Waals surface area contributed by atoms with Crippen molar-refractivity contribution in [1.82, 2.24) is 4.72 Å². The van der Waals surface area contributed by atoms with Crippen LogP contribution >= 0.6 is 0 Å². The van der Waals surface area contributed by atoms with Crippen molar-refractivity contribution >= 4 is 21.6 Å². The molecule has 1 saturated heterocycles. The van der Waals surface area contributed by atoms with Gasteiger partial charge in [-0.1, -0.05) is 17.7 Å². The van der Waals surface area contributed by atoms with Gasteiger partial charge in [-0.2, -0.15) is 0 Å². The van der Waals surface area contributed by atoms with Crippen molar-refractivity contribution in [2.24, 2.45) is 0 Å². The average Bonchev–Trinajstić information content (AvgIpc) is 2.99. The largest absolute Gasteiger partial charge is 0.486 e. The Morgan fingerprint density at radius 3 is 2.34 bits per heavy atom. The second kappa shape index (κ2) is 7.35. The number of carbonyl (C=O) groups is 1. The summed E-state index contributed by atoms with van der Waals surface area (Å²) in [5, 5.41) is 0. The van der Waals surface area contributed by atoms with Gasteiger partial charge in [0.2, 0.25) is 15.9 Å². The molecule has 29 heavy (non-hydrogen) atoms. The van der Waals surface area contributed by atoms with Crippen molar-refractivity contribution in [2.75, 3.05) is 24.7 Å². The number of hydrogen-bond acceptors (Lipinski definition) is 5. The molecule has 2 aromatic rings. The topological polar surface area (TPSA) is 84.9 Å². The van der Waals surface area contributed by atoms with E-state index in [-0.39, 0.29) is 23.8 Å². The number of sulfonamides is 1. The highest BCUT2D eigenvalue weighted by atomic mass is 32.2. The zero-order chi connectivity index (χ0) is 20.8. The fourth-order valence-electron chi connectivity index (χ4n) is 4.10. The maximum Gasteiger partial charge on any atom is 0.241 e. The first kappa shape index (κ1) is 19.7. The lowest BCUT2D eigenvalue weighted by Crippen LogP contribution is -2.37. The van der Waals surface area contributed by atoms with Crippen LogP contribution in [-0.4, -0.2) is 40.1 Å². The Morgan fingerprint density at radius 1 is 1.00 bits per heavy atom. The molecule has 2 aliphatic heterocycles. The molecule has 7 nitrogen and oxygen atoms in total. The second-order valence-electron chi connectivity index (χ2n) is 7.58. The van der Waals surface area contributed by atoms with Crippen LogP contribution in [0.5, 0.6) is 11.5 Å². The smallest absolute Gasteiger partial charge is 0.241 e. The van der Waals surface area contributed by atoms with Gasteiger partial charge in [0.1, 0.15) is 13.2 Å². The molecule has 2 aromatic carbocycles. The Balaban J connectivity index is 1.54. The van der Waals surface area contributed by atoms with Gasteiger partial charge in [0, 0.05) is 30.8 Å². The van der Waals surface area contributed by atoms with Crippen LogP contribution in [0.3, 0.4) is 0 Å². The number of fused-ring (bicyclic) bond motifs is 1. The van der Waals surface area contributed by atoms with Crippen LogP contribution in [0.2, 0.25) is 0 Å². The number of anilines is 1. The van der Waals surface area contributed by atoms with E-state index in [1.165, 1.54) is 0 Å². The first-order valence-electron chi connectivity index (χ1n) is 9.55. The molecule has 0 saturated carbocycles. The van der Waals surface area contributed by atoms with E-state index in [1.54, 1.807) is 36.9 Å². The Morgan fingerprint density at radius 2 is 1.66 bits per heavy atom. The minimum absolute atomic E-state index is 0.109. The molecule has 4 rings (SSSR count). The third-order valence-corrected chi connectivity index (χ3v) is 6.98. The molecule has 2 aliphatic rings. The van der Waals surface area contributed by atoms with Crippen molar-refractivity contribution < 1.29 is 22.7 Å². The summed E-state index contributed by atoms with van der Waals surface area (Å²) in [5.74, 6) is 1.11. The van der Waals surface area contributed by atoms with Crippen LogP contribution in [0, 0.1) is 20.8 Å². The summed E-state index contributed by atoms with van der Waals surface area (Å²) in [6.45, 7) is 6.73. The Hall–Kier alpha value is -2.58. The van der Waals surface area contributed by atoms with E-state index < -0.39 is 16.1 Å². The zero-order valence-electron chi connectivity index (χ0n) is 16.7. The lowest BCUT2D eigenvalue weighted by atomic mass is 10.1. The maximum absolute atomic E-state index is 13.0. The molecular formula is C21H24N2O5S. The van der Waals surface area contributed by atoms with Crippen molar-refractivity contribution in [3.8, 4) is 11.5 Å². The molecule has 0 unspecified atom stereocenters. The number of amides is 1. The number of hydrogen-bond donors (Lipinski definition) is 1. The molecule has 0 aromatic heterocycles. The first-order chi connectivity index (χ1) is 13.7. The van der Waals surface area contributed by atoms with E-state index in [9.17, 15) is 13.2 Å². The summed E-state index contributed by atoms with van der Waals surface area (Å²) in [6, 6.07) is 8.52. The van der Waals surface area contributed by atoms with Crippen LogP contribution in [0.4, 0.5) is 5.69 Å².